The summed E-state index contributed by atoms with van der Waals surface area (Å²) in [6, 6.07) is 8.71. The van der Waals surface area contributed by atoms with E-state index in [-0.39, 0.29) is 11.5 Å². The van der Waals surface area contributed by atoms with E-state index < -0.39 is 12.1 Å². The van der Waals surface area contributed by atoms with Crippen LogP contribution in [0.4, 0.5) is 13.2 Å². The van der Waals surface area contributed by atoms with Crippen molar-refractivity contribution in [2.75, 3.05) is 14.2 Å². The summed E-state index contributed by atoms with van der Waals surface area (Å²) in [6.45, 7) is 0. The van der Waals surface area contributed by atoms with Gasteiger partial charge in [-0.3, -0.25) is 0 Å². The molecule has 4 rings (SSSR count). The zero-order chi connectivity index (χ0) is 22.0. The third-order valence-electron chi connectivity index (χ3n) is 4.19. The number of rotatable bonds is 6. The van der Waals surface area contributed by atoms with Crippen LogP contribution in [0.2, 0.25) is 0 Å². The summed E-state index contributed by atoms with van der Waals surface area (Å²) in [5, 5.41) is 15.7. The monoisotopic (exact) mass is 433 g/mol. The van der Waals surface area contributed by atoms with Gasteiger partial charge in [0.15, 0.2) is 17.3 Å². The van der Waals surface area contributed by atoms with Crippen LogP contribution in [0, 0.1) is 0 Å². The first kappa shape index (κ1) is 20.1. The van der Waals surface area contributed by atoms with Crippen LogP contribution >= 0.6 is 0 Å². The molecule has 2 aromatic carbocycles. The van der Waals surface area contributed by atoms with E-state index in [0.29, 0.717) is 22.7 Å². The fourth-order valence-electron chi connectivity index (χ4n) is 2.90. The average molecular weight is 433 g/mol. The first-order valence-electron chi connectivity index (χ1n) is 8.65. The van der Waals surface area contributed by atoms with E-state index in [4.69, 9.17) is 9.47 Å². The van der Waals surface area contributed by atoms with Crippen molar-refractivity contribution in [3.63, 3.8) is 0 Å². The summed E-state index contributed by atoms with van der Waals surface area (Å²) in [5.41, 5.74) is 1.09. The highest BCUT2D eigenvalue weighted by Crippen LogP contribution is 2.34. The Balaban J connectivity index is 1.87. The molecule has 0 saturated carbocycles. The molecule has 0 atom stereocenters. The fourth-order valence-corrected chi connectivity index (χ4v) is 2.90. The number of benzene rings is 2. The van der Waals surface area contributed by atoms with E-state index in [9.17, 15) is 13.2 Å². The molecule has 4 aromatic rings. The lowest BCUT2D eigenvalue weighted by molar-refractivity contribution is -0.274. The van der Waals surface area contributed by atoms with Gasteiger partial charge in [0, 0.05) is 11.6 Å². The number of methoxy groups -OCH3 is 2. The van der Waals surface area contributed by atoms with Gasteiger partial charge in [0.2, 0.25) is 0 Å². The number of aromatic nitrogens is 7. The van der Waals surface area contributed by atoms with Gasteiger partial charge in [-0.1, -0.05) is 0 Å². The molecule has 160 valence electrons. The molecule has 13 heteroatoms. The summed E-state index contributed by atoms with van der Waals surface area (Å²) in [4.78, 5) is 3.87. The Morgan fingerprint density at radius 3 is 2.42 bits per heavy atom. The fraction of sp³-hybridized carbons (Fsp3) is 0.167. The Hall–Kier alpha value is -4.16. The molecule has 0 fully saturated rings. The zero-order valence-electron chi connectivity index (χ0n) is 16.1. The van der Waals surface area contributed by atoms with Gasteiger partial charge in [0.1, 0.15) is 18.4 Å². The predicted octanol–water partition coefficient (Wildman–Crippen LogP) is 2.83. The number of tetrazole rings is 1. The minimum absolute atomic E-state index is 0.182. The van der Waals surface area contributed by atoms with Crippen molar-refractivity contribution < 1.29 is 27.4 Å². The molecule has 0 unspecified atom stereocenters. The molecule has 10 nitrogen and oxygen atoms in total. The lowest BCUT2D eigenvalue weighted by Gasteiger charge is -2.14. The molecule has 0 radical (unpaired) electrons. The van der Waals surface area contributed by atoms with Crippen molar-refractivity contribution in [1.29, 1.82) is 0 Å². The maximum Gasteiger partial charge on any atom is 0.573 e. The van der Waals surface area contributed by atoms with Crippen LogP contribution in [-0.4, -0.2) is 55.6 Å². The van der Waals surface area contributed by atoms with E-state index in [2.05, 4.69) is 30.3 Å². The normalized spacial score (nSPS) is 11.4. The first-order chi connectivity index (χ1) is 14.9. The molecule has 0 saturated heterocycles. The molecule has 2 heterocycles. The van der Waals surface area contributed by atoms with Crippen LogP contribution in [-0.2, 0) is 0 Å². The van der Waals surface area contributed by atoms with Crippen molar-refractivity contribution in [3.8, 4) is 40.0 Å². The molecule has 0 amide bonds. The lowest BCUT2D eigenvalue weighted by atomic mass is 10.1. The van der Waals surface area contributed by atoms with Gasteiger partial charge in [-0.15, -0.1) is 18.3 Å². The molecule has 2 aromatic heterocycles. The number of ether oxygens (including phenoxy) is 3. The molecule has 0 aliphatic heterocycles. The Kier molecular flexibility index (Phi) is 5.15. The Morgan fingerprint density at radius 2 is 1.74 bits per heavy atom. The van der Waals surface area contributed by atoms with Gasteiger partial charge in [-0.25, -0.2) is 9.67 Å². The molecule has 0 aliphatic rings. The maximum atomic E-state index is 12.8. The topological polar surface area (TPSA) is 102 Å². The lowest BCUT2D eigenvalue weighted by Crippen LogP contribution is -2.17. The Labute approximate surface area is 172 Å². The van der Waals surface area contributed by atoms with Gasteiger partial charge in [-0.05, 0) is 40.8 Å². The third-order valence-corrected chi connectivity index (χ3v) is 4.19. The van der Waals surface area contributed by atoms with E-state index in [0.717, 1.165) is 12.1 Å². The van der Waals surface area contributed by atoms with Crippen LogP contribution in [0.3, 0.4) is 0 Å². The van der Waals surface area contributed by atoms with Gasteiger partial charge in [-0.2, -0.15) is 9.78 Å². The minimum Gasteiger partial charge on any atom is -0.493 e. The van der Waals surface area contributed by atoms with Gasteiger partial charge in [0.25, 0.3) is 0 Å². The van der Waals surface area contributed by atoms with Crippen LogP contribution in [0.25, 0.3) is 22.8 Å². The number of hydrogen-bond acceptors (Lipinski definition) is 8. The van der Waals surface area contributed by atoms with Gasteiger partial charge < -0.3 is 14.2 Å². The largest absolute Gasteiger partial charge is 0.573 e. The Bertz CT molecular complexity index is 1190. The number of hydrogen-bond donors (Lipinski definition) is 0. The standard InChI is InChI=1S/C18H14F3N7O3/c1-29-15-6-3-11(7-16(15)30-2)17-24-25-26-28(17)14-8-12(31-18(19,20)21)4-5-13(14)27-10-22-9-23-27/h3-10H,1-2H3. The highest BCUT2D eigenvalue weighted by molar-refractivity contribution is 5.65. The zero-order valence-corrected chi connectivity index (χ0v) is 16.1. The van der Waals surface area contributed by atoms with E-state index in [1.807, 2.05) is 0 Å². The SMILES string of the molecule is COc1ccc(-c2nnnn2-c2cc(OC(F)(F)F)ccc2-n2cncn2)cc1OC. The average Bonchev–Trinajstić information content (AvgIpc) is 3.44. The molecule has 0 aliphatic carbocycles. The summed E-state index contributed by atoms with van der Waals surface area (Å²) >= 11 is 0. The minimum atomic E-state index is -4.86. The van der Waals surface area contributed by atoms with Crippen molar-refractivity contribution in [3.05, 3.63) is 49.1 Å². The van der Waals surface area contributed by atoms with Crippen molar-refractivity contribution in [2.24, 2.45) is 0 Å². The second kappa shape index (κ2) is 7.93. The number of halogens is 3. The van der Waals surface area contributed by atoms with Gasteiger partial charge >= 0.3 is 6.36 Å². The van der Waals surface area contributed by atoms with Crippen LogP contribution in [0.5, 0.6) is 17.2 Å². The second-order valence-electron chi connectivity index (χ2n) is 6.02. The van der Waals surface area contributed by atoms with Crippen molar-refractivity contribution in [1.82, 2.24) is 35.0 Å². The quantitative estimate of drug-likeness (QED) is 0.458. The number of alkyl halides is 3. The summed E-state index contributed by atoms with van der Waals surface area (Å²) in [7, 11) is 2.98. The smallest absolute Gasteiger partial charge is 0.493 e. The molecule has 31 heavy (non-hydrogen) atoms. The maximum absolute atomic E-state index is 12.8. The molecule has 0 spiro atoms. The third kappa shape index (κ3) is 4.10. The highest BCUT2D eigenvalue weighted by atomic mass is 19.4. The second-order valence-corrected chi connectivity index (χ2v) is 6.02. The summed E-state index contributed by atoms with van der Waals surface area (Å²) in [5.74, 6) is 0.723. The summed E-state index contributed by atoms with van der Waals surface area (Å²) < 4.78 is 55.5. The molecule has 0 N–H and O–H groups in total. The predicted molar refractivity (Wildman–Crippen MR) is 99.3 cm³/mol. The van der Waals surface area contributed by atoms with Crippen molar-refractivity contribution in [2.45, 2.75) is 6.36 Å². The van der Waals surface area contributed by atoms with E-state index in [1.165, 1.54) is 42.3 Å². The van der Waals surface area contributed by atoms with E-state index >= 15 is 0 Å². The molecular weight excluding hydrogens is 419 g/mol. The van der Waals surface area contributed by atoms with E-state index in [1.54, 1.807) is 18.2 Å². The van der Waals surface area contributed by atoms with Gasteiger partial charge in [0.05, 0.1) is 25.6 Å². The summed E-state index contributed by atoms with van der Waals surface area (Å²) in [6.07, 6.45) is -2.18. The molecular formula is C18H14F3N7O3. The first-order valence-corrected chi connectivity index (χ1v) is 8.65. The number of nitrogens with zero attached hydrogens (tertiary/aromatic N) is 7. The van der Waals surface area contributed by atoms with Crippen LogP contribution in [0.15, 0.2) is 49.1 Å². The highest BCUT2D eigenvalue weighted by Gasteiger charge is 2.31. The van der Waals surface area contributed by atoms with Crippen molar-refractivity contribution >= 4 is 0 Å². The Morgan fingerprint density at radius 1 is 0.935 bits per heavy atom. The van der Waals surface area contributed by atoms with Crippen LogP contribution < -0.4 is 14.2 Å². The molecule has 0 bridgehead atoms. The van der Waals surface area contributed by atoms with Crippen LogP contribution in [0.1, 0.15) is 0 Å².